The van der Waals surface area contributed by atoms with Gasteiger partial charge in [0.05, 0.1) is 0 Å². The smallest absolute Gasteiger partial charge is 0.192 e. The molecule has 2 N–H and O–H groups in total. The predicted molar refractivity (Wildman–Crippen MR) is 76.2 cm³/mol. The maximum absolute atomic E-state index is 9.10. The van der Waals surface area contributed by atoms with Gasteiger partial charge in [-0.2, -0.15) is 0 Å². The molecule has 1 unspecified atom stereocenters. The molecule has 1 atom stereocenters. The molecule has 104 valence electrons. The third-order valence-corrected chi connectivity index (χ3v) is 3.42. The van der Waals surface area contributed by atoms with Crippen molar-refractivity contribution in [3.8, 4) is 0 Å². The Morgan fingerprint density at radius 2 is 2.26 bits per heavy atom. The zero-order valence-electron chi connectivity index (χ0n) is 11.6. The van der Waals surface area contributed by atoms with Gasteiger partial charge >= 0.3 is 0 Å². The first kappa shape index (κ1) is 14.0. The summed E-state index contributed by atoms with van der Waals surface area (Å²) in [5.74, 6) is 1.07. The van der Waals surface area contributed by atoms with Crippen molar-refractivity contribution in [2.45, 2.75) is 26.7 Å². The molecule has 19 heavy (non-hydrogen) atoms. The van der Waals surface area contributed by atoms with Gasteiger partial charge in [0.2, 0.25) is 0 Å². The fourth-order valence-electron chi connectivity index (χ4n) is 2.12. The average Bonchev–Trinajstić information content (AvgIpc) is 2.78. The Morgan fingerprint density at radius 3 is 3.00 bits per heavy atom. The van der Waals surface area contributed by atoms with Crippen molar-refractivity contribution < 1.29 is 9.52 Å². The SMILES string of the molecule is CCC(CO)CNCCc1ccc2oc(C)nc2c1. The number of benzene rings is 1. The minimum absolute atomic E-state index is 0.258. The second-order valence-electron chi connectivity index (χ2n) is 4.95. The van der Waals surface area contributed by atoms with Gasteiger partial charge in [-0.1, -0.05) is 13.0 Å². The Bertz CT molecular complexity index is 518. The maximum Gasteiger partial charge on any atom is 0.192 e. The minimum atomic E-state index is 0.258. The zero-order chi connectivity index (χ0) is 13.7. The van der Waals surface area contributed by atoms with Gasteiger partial charge in [-0.05, 0) is 43.0 Å². The molecule has 0 saturated carbocycles. The molecular weight excluding hydrogens is 240 g/mol. The summed E-state index contributed by atoms with van der Waals surface area (Å²) >= 11 is 0. The summed E-state index contributed by atoms with van der Waals surface area (Å²) in [6.45, 7) is 6.01. The van der Waals surface area contributed by atoms with E-state index in [0.717, 1.165) is 37.0 Å². The summed E-state index contributed by atoms with van der Waals surface area (Å²) in [7, 11) is 0. The first-order valence-corrected chi connectivity index (χ1v) is 6.90. The van der Waals surface area contributed by atoms with E-state index in [0.29, 0.717) is 11.8 Å². The van der Waals surface area contributed by atoms with E-state index in [2.05, 4.69) is 29.4 Å². The van der Waals surface area contributed by atoms with E-state index < -0.39 is 0 Å². The fraction of sp³-hybridized carbons (Fsp3) is 0.533. The molecule has 0 aliphatic rings. The Hall–Kier alpha value is -1.39. The van der Waals surface area contributed by atoms with Crippen LogP contribution in [0.25, 0.3) is 11.1 Å². The van der Waals surface area contributed by atoms with E-state index in [9.17, 15) is 0 Å². The number of aryl methyl sites for hydroxylation is 1. The van der Waals surface area contributed by atoms with Crippen LogP contribution < -0.4 is 5.32 Å². The average molecular weight is 262 g/mol. The van der Waals surface area contributed by atoms with Gasteiger partial charge < -0.3 is 14.8 Å². The number of aromatic nitrogens is 1. The standard InChI is InChI=1S/C15H22N2O2/c1-3-12(10-18)9-16-7-6-13-4-5-15-14(8-13)17-11(2)19-15/h4-5,8,12,16,18H,3,6-7,9-10H2,1-2H3. The number of aliphatic hydroxyl groups excluding tert-OH is 1. The van der Waals surface area contributed by atoms with Crippen LogP contribution >= 0.6 is 0 Å². The number of aliphatic hydroxyl groups is 1. The highest BCUT2D eigenvalue weighted by Gasteiger charge is 2.05. The van der Waals surface area contributed by atoms with Crippen molar-refractivity contribution in [1.82, 2.24) is 10.3 Å². The second-order valence-corrected chi connectivity index (χ2v) is 4.95. The van der Waals surface area contributed by atoms with Crippen molar-refractivity contribution >= 4 is 11.1 Å². The molecule has 0 aliphatic carbocycles. The zero-order valence-corrected chi connectivity index (χ0v) is 11.6. The molecule has 0 radical (unpaired) electrons. The molecule has 0 bridgehead atoms. The molecule has 0 amide bonds. The van der Waals surface area contributed by atoms with Crippen LogP contribution in [0.15, 0.2) is 22.6 Å². The van der Waals surface area contributed by atoms with Crippen molar-refractivity contribution in [2.24, 2.45) is 5.92 Å². The van der Waals surface area contributed by atoms with E-state index in [-0.39, 0.29) is 6.61 Å². The van der Waals surface area contributed by atoms with Gasteiger partial charge in [0, 0.05) is 20.1 Å². The van der Waals surface area contributed by atoms with Crippen LogP contribution in [0.5, 0.6) is 0 Å². The van der Waals surface area contributed by atoms with Crippen LogP contribution in [0.4, 0.5) is 0 Å². The van der Waals surface area contributed by atoms with E-state index in [1.165, 1.54) is 5.56 Å². The molecule has 0 spiro atoms. The topological polar surface area (TPSA) is 58.3 Å². The summed E-state index contributed by atoms with van der Waals surface area (Å²) in [6, 6.07) is 6.14. The lowest BCUT2D eigenvalue weighted by Crippen LogP contribution is -2.26. The Labute approximate surface area is 113 Å². The van der Waals surface area contributed by atoms with E-state index in [1.807, 2.05) is 13.0 Å². The van der Waals surface area contributed by atoms with Crippen LogP contribution in [-0.2, 0) is 6.42 Å². The molecule has 0 saturated heterocycles. The van der Waals surface area contributed by atoms with E-state index in [1.54, 1.807) is 0 Å². The molecule has 2 rings (SSSR count). The second kappa shape index (κ2) is 6.68. The van der Waals surface area contributed by atoms with Gasteiger partial charge in [0.15, 0.2) is 11.5 Å². The monoisotopic (exact) mass is 262 g/mol. The highest BCUT2D eigenvalue weighted by molar-refractivity contribution is 5.73. The Balaban J connectivity index is 1.84. The van der Waals surface area contributed by atoms with Crippen molar-refractivity contribution in [2.75, 3.05) is 19.7 Å². The van der Waals surface area contributed by atoms with Crippen molar-refractivity contribution in [1.29, 1.82) is 0 Å². The lowest BCUT2D eigenvalue weighted by Gasteiger charge is -2.12. The molecule has 1 heterocycles. The first-order chi connectivity index (χ1) is 9.22. The lowest BCUT2D eigenvalue weighted by atomic mass is 10.1. The third-order valence-electron chi connectivity index (χ3n) is 3.42. The summed E-state index contributed by atoms with van der Waals surface area (Å²) in [6.07, 6.45) is 1.97. The van der Waals surface area contributed by atoms with E-state index in [4.69, 9.17) is 9.52 Å². The molecule has 1 aromatic carbocycles. The lowest BCUT2D eigenvalue weighted by molar-refractivity contribution is 0.219. The van der Waals surface area contributed by atoms with Gasteiger partial charge in [0.1, 0.15) is 5.52 Å². The molecule has 0 fully saturated rings. The van der Waals surface area contributed by atoms with Crippen LogP contribution in [0.3, 0.4) is 0 Å². The summed E-state index contributed by atoms with van der Waals surface area (Å²) in [5.41, 5.74) is 3.03. The molecule has 0 aliphatic heterocycles. The highest BCUT2D eigenvalue weighted by atomic mass is 16.3. The number of oxazole rings is 1. The van der Waals surface area contributed by atoms with Crippen LogP contribution in [0.2, 0.25) is 0 Å². The summed E-state index contributed by atoms with van der Waals surface area (Å²) in [4.78, 5) is 4.34. The number of hydrogen-bond donors (Lipinski definition) is 2. The van der Waals surface area contributed by atoms with Crippen molar-refractivity contribution in [3.63, 3.8) is 0 Å². The summed E-state index contributed by atoms with van der Waals surface area (Å²) < 4.78 is 5.45. The predicted octanol–water partition coefficient (Wildman–Crippen LogP) is 2.29. The summed E-state index contributed by atoms with van der Waals surface area (Å²) in [5, 5.41) is 12.5. The normalized spacial score (nSPS) is 13.0. The van der Waals surface area contributed by atoms with Gasteiger partial charge in [-0.15, -0.1) is 0 Å². The number of nitrogens with one attached hydrogen (secondary N) is 1. The van der Waals surface area contributed by atoms with Gasteiger partial charge in [-0.25, -0.2) is 4.98 Å². The quantitative estimate of drug-likeness (QED) is 0.752. The Kier molecular flexibility index (Phi) is 4.93. The third kappa shape index (κ3) is 3.78. The van der Waals surface area contributed by atoms with Gasteiger partial charge in [0.25, 0.3) is 0 Å². The number of hydrogen-bond acceptors (Lipinski definition) is 4. The molecule has 4 heteroatoms. The maximum atomic E-state index is 9.10. The number of nitrogens with zero attached hydrogens (tertiary/aromatic N) is 1. The van der Waals surface area contributed by atoms with Crippen molar-refractivity contribution in [3.05, 3.63) is 29.7 Å². The molecule has 2 aromatic rings. The largest absolute Gasteiger partial charge is 0.441 e. The molecule has 1 aromatic heterocycles. The van der Waals surface area contributed by atoms with Gasteiger partial charge in [-0.3, -0.25) is 0 Å². The first-order valence-electron chi connectivity index (χ1n) is 6.90. The fourth-order valence-corrected chi connectivity index (χ4v) is 2.12. The molecule has 4 nitrogen and oxygen atoms in total. The van der Waals surface area contributed by atoms with Crippen LogP contribution in [0.1, 0.15) is 24.8 Å². The Morgan fingerprint density at radius 1 is 1.42 bits per heavy atom. The number of rotatable bonds is 7. The van der Waals surface area contributed by atoms with E-state index >= 15 is 0 Å². The minimum Gasteiger partial charge on any atom is -0.441 e. The van der Waals surface area contributed by atoms with Crippen LogP contribution in [0, 0.1) is 12.8 Å². The number of fused-ring (bicyclic) bond motifs is 1. The highest BCUT2D eigenvalue weighted by Crippen LogP contribution is 2.16. The molecular formula is C15H22N2O2. The van der Waals surface area contributed by atoms with Crippen LogP contribution in [-0.4, -0.2) is 29.8 Å².